The molecule has 0 spiro atoms. The minimum atomic E-state index is -0.852. The van der Waals surface area contributed by atoms with E-state index in [-0.39, 0.29) is 16.8 Å². The van der Waals surface area contributed by atoms with Crippen molar-refractivity contribution in [1.29, 1.82) is 0 Å². The second kappa shape index (κ2) is 10.5. The number of aliphatic carboxylic acids is 1. The van der Waals surface area contributed by atoms with E-state index in [2.05, 4.69) is 41.5 Å². The Morgan fingerprint density at radius 3 is 2.30 bits per heavy atom. The molecule has 0 aromatic heterocycles. The van der Waals surface area contributed by atoms with Gasteiger partial charge >= 0.3 is 11.9 Å². The molecule has 6 unspecified atom stereocenters. The monoisotopic (exact) mass is 422 g/mol. The minimum Gasteiger partial charge on any atom is -0.481 e. The number of hydrogen-bond acceptors (Lipinski definition) is 3. The summed E-state index contributed by atoms with van der Waals surface area (Å²) in [5, 5.41) is 9.59. The molecule has 0 heterocycles. The van der Waals surface area contributed by atoms with E-state index in [1.807, 2.05) is 0 Å². The number of ether oxygens (including phenoxy) is 1. The molecule has 0 radical (unpaired) electrons. The summed E-state index contributed by atoms with van der Waals surface area (Å²) in [7, 11) is 0. The Morgan fingerprint density at radius 1 is 0.967 bits per heavy atom. The average Bonchev–Trinajstić information content (AvgIpc) is 2.69. The lowest BCUT2D eigenvalue weighted by atomic mass is 9.49. The van der Waals surface area contributed by atoms with E-state index in [0.717, 1.165) is 12.8 Å². The number of carbonyl (C=O) groups is 2. The van der Waals surface area contributed by atoms with Gasteiger partial charge in [0.05, 0.1) is 18.4 Å². The van der Waals surface area contributed by atoms with Gasteiger partial charge in [-0.3, -0.25) is 9.59 Å². The van der Waals surface area contributed by atoms with Crippen molar-refractivity contribution in [1.82, 2.24) is 0 Å². The summed E-state index contributed by atoms with van der Waals surface area (Å²) in [5.74, 6) is -0.850. The van der Waals surface area contributed by atoms with Crippen molar-refractivity contribution in [3.63, 3.8) is 0 Å². The van der Waals surface area contributed by atoms with Crippen molar-refractivity contribution in [3.8, 4) is 0 Å². The molecule has 2 aliphatic carbocycles. The first-order valence-corrected chi connectivity index (χ1v) is 12.4. The number of carbonyl (C=O) groups excluding carboxylic acids is 1. The normalized spacial score (nSPS) is 36.3. The summed E-state index contributed by atoms with van der Waals surface area (Å²) < 4.78 is 5.84. The van der Waals surface area contributed by atoms with E-state index in [4.69, 9.17) is 4.74 Å². The summed E-state index contributed by atoms with van der Waals surface area (Å²) >= 11 is 0. The predicted molar refractivity (Wildman–Crippen MR) is 121 cm³/mol. The lowest BCUT2D eigenvalue weighted by Crippen LogP contribution is -2.50. The smallest absolute Gasteiger partial charge is 0.309 e. The molecule has 4 nitrogen and oxygen atoms in total. The highest BCUT2D eigenvalue weighted by molar-refractivity contribution is 5.81. The van der Waals surface area contributed by atoms with Gasteiger partial charge in [-0.1, -0.05) is 67.2 Å². The van der Waals surface area contributed by atoms with Gasteiger partial charge in [0.1, 0.15) is 0 Å². The summed E-state index contributed by atoms with van der Waals surface area (Å²) in [5.41, 5.74) is 0.324. The quantitative estimate of drug-likeness (QED) is 0.331. The SMILES string of the molecule is CCCCCCC1(C)C(C)CCC(COC(=O)C2CCC(C)CC2C(=O)O)C1(C)C. The van der Waals surface area contributed by atoms with E-state index in [0.29, 0.717) is 37.2 Å². The Morgan fingerprint density at radius 2 is 1.67 bits per heavy atom. The zero-order valence-electron chi connectivity index (χ0n) is 20.3. The van der Waals surface area contributed by atoms with E-state index in [1.54, 1.807) is 0 Å². The Kier molecular flexibility index (Phi) is 8.82. The maximum Gasteiger partial charge on any atom is 0.309 e. The Bertz CT molecular complexity index is 584. The van der Waals surface area contributed by atoms with Gasteiger partial charge in [-0.2, -0.15) is 0 Å². The fraction of sp³-hybridized carbons (Fsp3) is 0.923. The first-order chi connectivity index (χ1) is 14.0. The van der Waals surface area contributed by atoms with Crippen LogP contribution in [-0.4, -0.2) is 23.7 Å². The van der Waals surface area contributed by atoms with Crippen LogP contribution < -0.4 is 0 Å². The van der Waals surface area contributed by atoms with Crippen molar-refractivity contribution in [2.24, 2.45) is 40.4 Å². The molecule has 6 atom stereocenters. The molecule has 0 amide bonds. The van der Waals surface area contributed by atoms with E-state index in [1.165, 1.54) is 38.5 Å². The highest BCUT2D eigenvalue weighted by Gasteiger charge is 2.52. The molecule has 1 N–H and O–H groups in total. The standard InChI is InChI=1S/C26H46O4/c1-7-8-9-10-15-26(6)19(3)12-13-20(25(26,4)5)17-30-24(29)21-14-11-18(2)16-22(21)23(27)28/h18-22H,7-17H2,1-6H3,(H,27,28). The molecular formula is C26H46O4. The van der Waals surface area contributed by atoms with Crippen LogP contribution in [0, 0.1) is 40.4 Å². The zero-order valence-corrected chi connectivity index (χ0v) is 20.3. The molecule has 0 aromatic carbocycles. The van der Waals surface area contributed by atoms with Gasteiger partial charge in [-0.25, -0.2) is 0 Å². The Hall–Kier alpha value is -1.06. The lowest BCUT2D eigenvalue weighted by Gasteiger charge is -2.56. The van der Waals surface area contributed by atoms with Crippen LogP contribution in [-0.2, 0) is 14.3 Å². The van der Waals surface area contributed by atoms with Crippen molar-refractivity contribution in [2.45, 2.75) is 106 Å². The number of hydrogen-bond donors (Lipinski definition) is 1. The number of carboxylic acids is 1. The van der Waals surface area contributed by atoms with Crippen molar-refractivity contribution < 1.29 is 19.4 Å². The minimum absolute atomic E-state index is 0.0877. The molecule has 4 heteroatoms. The molecule has 2 saturated carbocycles. The van der Waals surface area contributed by atoms with Crippen molar-refractivity contribution in [2.75, 3.05) is 6.61 Å². The topological polar surface area (TPSA) is 63.6 Å². The van der Waals surface area contributed by atoms with E-state index >= 15 is 0 Å². The molecule has 0 saturated heterocycles. The third-order valence-corrected chi connectivity index (χ3v) is 9.24. The van der Waals surface area contributed by atoms with Crippen LogP contribution in [0.1, 0.15) is 106 Å². The average molecular weight is 423 g/mol. The molecule has 2 fully saturated rings. The third-order valence-electron chi connectivity index (χ3n) is 9.24. The van der Waals surface area contributed by atoms with Gasteiger partial charge in [-0.05, 0) is 67.1 Å². The summed E-state index contributed by atoms with van der Waals surface area (Å²) in [6.45, 7) is 14.3. The van der Waals surface area contributed by atoms with E-state index in [9.17, 15) is 14.7 Å². The van der Waals surface area contributed by atoms with E-state index < -0.39 is 17.8 Å². The second-order valence-electron chi connectivity index (χ2n) is 11.2. The Balaban J connectivity index is 2.01. The maximum atomic E-state index is 12.9. The van der Waals surface area contributed by atoms with Crippen molar-refractivity contribution >= 4 is 11.9 Å². The van der Waals surface area contributed by atoms with Crippen LogP contribution in [0.2, 0.25) is 0 Å². The van der Waals surface area contributed by atoms with Crippen molar-refractivity contribution in [3.05, 3.63) is 0 Å². The van der Waals surface area contributed by atoms with Crippen LogP contribution in [0.25, 0.3) is 0 Å². The fourth-order valence-electron chi connectivity index (χ4n) is 6.24. The first kappa shape index (κ1) is 25.2. The van der Waals surface area contributed by atoms with Crippen LogP contribution >= 0.6 is 0 Å². The number of unbranched alkanes of at least 4 members (excludes halogenated alkanes) is 3. The Labute approximate surface area is 184 Å². The molecular weight excluding hydrogens is 376 g/mol. The van der Waals surface area contributed by atoms with Crippen LogP contribution in [0.5, 0.6) is 0 Å². The highest BCUT2D eigenvalue weighted by atomic mass is 16.5. The van der Waals surface area contributed by atoms with Gasteiger partial charge in [0.25, 0.3) is 0 Å². The van der Waals surface area contributed by atoms with Gasteiger partial charge < -0.3 is 9.84 Å². The van der Waals surface area contributed by atoms with Crippen LogP contribution in [0.3, 0.4) is 0 Å². The van der Waals surface area contributed by atoms with Crippen LogP contribution in [0.15, 0.2) is 0 Å². The molecule has 2 rings (SSSR count). The van der Waals surface area contributed by atoms with Gasteiger partial charge in [0, 0.05) is 0 Å². The van der Waals surface area contributed by atoms with Gasteiger partial charge in [0.15, 0.2) is 0 Å². The first-order valence-electron chi connectivity index (χ1n) is 12.4. The molecule has 2 aliphatic rings. The predicted octanol–water partition coefficient (Wildman–Crippen LogP) is 6.72. The maximum absolute atomic E-state index is 12.9. The summed E-state index contributed by atoms with van der Waals surface area (Å²) in [6.07, 6.45) is 10.7. The molecule has 0 bridgehead atoms. The molecule has 174 valence electrons. The zero-order chi connectivity index (χ0) is 22.5. The molecule has 0 aromatic rings. The van der Waals surface area contributed by atoms with Crippen LogP contribution in [0.4, 0.5) is 0 Å². The number of esters is 1. The number of rotatable bonds is 9. The second-order valence-corrected chi connectivity index (χ2v) is 11.2. The lowest BCUT2D eigenvalue weighted by molar-refractivity contribution is -0.166. The molecule has 30 heavy (non-hydrogen) atoms. The van der Waals surface area contributed by atoms with Gasteiger partial charge in [-0.15, -0.1) is 0 Å². The summed E-state index contributed by atoms with van der Waals surface area (Å²) in [6, 6.07) is 0. The number of carboxylic acid groups (broad SMARTS) is 1. The summed E-state index contributed by atoms with van der Waals surface area (Å²) in [4.78, 5) is 24.5. The fourth-order valence-corrected chi connectivity index (χ4v) is 6.24. The third kappa shape index (κ3) is 5.40. The van der Waals surface area contributed by atoms with Gasteiger partial charge in [0.2, 0.25) is 0 Å². The molecule has 0 aliphatic heterocycles. The largest absolute Gasteiger partial charge is 0.481 e. The highest BCUT2D eigenvalue weighted by Crippen LogP contribution is 2.58.